The third kappa shape index (κ3) is 4.02. The van der Waals surface area contributed by atoms with Gasteiger partial charge in [0.05, 0.1) is 18.1 Å². The number of amides is 1. The summed E-state index contributed by atoms with van der Waals surface area (Å²) in [7, 11) is -1.26. The van der Waals surface area contributed by atoms with Crippen molar-refractivity contribution in [3.05, 3.63) is 18.5 Å². The number of anilines is 1. The summed E-state index contributed by atoms with van der Waals surface area (Å²) in [5.74, 6) is 0.984. The van der Waals surface area contributed by atoms with Gasteiger partial charge in [0.15, 0.2) is 9.84 Å². The molecule has 0 aromatic carbocycles. The van der Waals surface area contributed by atoms with E-state index in [1.807, 2.05) is 0 Å². The molecule has 3 heterocycles. The quantitative estimate of drug-likeness (QED) is 0.703. The third-order valence-corrected chi connectivity index (χ3v) is 6.47. The standard InChI is InChI=1S/C15H23N5O3S/c1-18(13-3-10-24(22,23)12-13)14(21)11-19-6-8-20(9-7-19)15-16-4-2-5-17-15/h2,4-5,13H,3,6-12H2,1H3. The zero-order valence-electron chi connectivity index (χ0n) is 13.8. The Morgan fingerprint density at radius 1 is 1.25 bits per heavy atom. The van der Waals surface area contributed by atoms with E-state index in [-0.39, 0.29) is 23.5 Å². The van der Waals surface area contributed by atoms with Crippen LogP contribution in [0.1, 0.15) is 6.42 Å². The molecule has 3 rings (SSSR count). The van der Waals surface area contributed by atoms with Gasteiger partial charge in [-0.25, -0.2) is 18.4 Å². The number of rotatable bonds is 4. The van der Waals surface area contributed by atoms with Crippen molar-refractivity contribution < 1.29 is 13.2 Å². The first-order valence-corrected chi connectivity index (χ1v) is 9.97. The summed E-state index contributed by atoms with van der Waals surface area (Å²) in [6.07, 6.45) is 4.00. The number of piperazine rings is 1. The molecule has 0 aliphatic carbocycles. The van der Waals surface area contributed by atoms with Crippen molar-refractivity contribution in [1.29, 1.82) is 0 Å². The van der Waals surface area contributed by atoms with Crippen molar-refractivity contribution in [3.63, 3.8) is 0 Å². The van der Waals surface area contributed by atoms with Crippen LogP contribution in [-0.2, 0) is 14.6 Å². The van der Waals surface area contributed by atoms with Crippen LogP contribution in [-0.4, -0.2) is 91.4 Å². The molecule has 1 aromatic heterocycles. The van der Waals surface area contributed by atoms with Gasteiger partial charge < -0.3 is 9.80 Å². The van der Waals surface area contributed by atoms with Gasteiger partial charge in [-0.1, -0.05) is 0 Å². The topological polar surface area (TPSA) is 86.7 Å². The van der Waals surface area contributed by atoms with E-state index in [9.17, 15) is 13.2 Å². The molecule has 1 aromatic rings. The summed E-state index contributed by atoms with van der Waals surface area (Å²) in [6.45, 7) is 3.41. The molecule has 1 atom stereocenters. The lowest BCUT2D eigenvalue weighted by Crippen LogP contribution is -2.51. The molecule has 8 nitrogen and oxygen atoms in total. The minimum absolute atomic E-state index is 0.0125. The summed E-state index contributed by atoms with van der Waals surface area (Å²) in [6, 6.07) is 1.61. The Kier molecular flexibility index (Phi) is 5.00. The Morgan fingerprint density at radius 2 is 1.92 bits per heavy atom. The molecular formula is C15H23N5O3S. The summed E-state index contributed by atoms with van der Waals surface area (Å²) in [5, 5.41) is 0. The van der Waals surface area contributed by atoms with Crippen LogP contribution in [0.15, 0.2) is 18.5 Å². The first-order valence-electron chi connectivity index (χ1n) is 8.15. The molecular weight excluding hydrogens is 330 g/mol. The van der Waals surface area contributed by atoms with Crippen molar-refractivity contribution in [2.75, 3.05) is 56.2 Å². The molecule has 2 fully saturated rings. The maximum Gasteiger partial charge on any atom is 0.236 e. The zero-order chi connectivity index (χ0) is 17.2. The van der Waals surface area contributed by atoms with Crippen LogP contribution in [0.25, 0.3) is 0 Å². The molecule has 0 radical (unpaired) electrons. The van der Waals surface area contributed by atoms with Gasteiger partial charge in [-0.3, -0.25) is 9.69 Å². The van der Waals surface area contributed by atoms with Crippen LogP contribution in [0.5, 0.6) is 0 Å². The second-order valence-electron chi connectivity index (χ2n) is 6.37. The molecule has 1 unspecified atom stereocenters. The van der Waals surface area contributed by atoms with Crippen molar-refractivity contribution in [2.45, 2.75) is 12.5 Å². The van der Waals surface area contributed by atoms with E-state index in [4.69, 9.17) is 0 Å². The van der Waals surface area contributed by atoms with Gasteiger partial charge in [-0.15, -0.1) is 0 Å². The van der Waals surface area contributed by atoms with Crippen molar-refractivity contribution >= 4 is 21.7 Å². The fraction of sp³-hybridized carbons (Fsp3) is 0.667. The molecule has 2 aliphatic heterocycles. The molecule has 9 heteroatoms. The molecule has 0 bridgehead atoms. The normalized spacial score (nSPS) is 24.0. The van der Waals surface area contributed by atoms with E-state index in [0.717, 1.165) is 32.1 Å². The van der Waals surface area contributed by atoms with Crippen LogP contribution < -0.4 is 4.90 Å². The van der Waals surface area contributed by atoms with Crippen LogP contribution >= 0.6 is 0 Å². The average Bonchev–Trinajstić information content (AvgIpc) is 2.95. The van der Waals surface area contributed by atoms with Crippen molar-refractivity contribution in [2.24, 2.45) is 0 Å². The predicted octanol–water partition coefficient (Wildman–Crippen LogP) is -0.756. The van der Waals surface area contributed by atoms with E-state index in [2.05, 4.69) is 19.8 Å². The highest BCUT2D eigenvalue weighted by Gasteiger charge is 2.33. The van der Waals surface area contributed by atoms with Gasteiger partial charge in [0, 0.05) is 51.7 Å². The second-order valence-corrected chi connectivity index (χ2v) is 8.60. The van der Waals surface area contributed by atoms with Gasteiger partial charge >= 0.3 is 0 Å². The number of likely N-dealkylation sites (N-methyl/N-ethyl adjacent to an activating group) is 1. The molecule has 2 saturated heterocycles. The molecule has 2 aliphatic rings. The largest absolute Gasteiger partial charge is 0.341 e. The van der Waals surface area contributed by atoms with Gasteiger partial charge in [-0.2, -0.15) is 0 Å². The van der Waals surface area contributed by atoms with E-state index < -0.39 is 9.84 Å². The Labute approximate surface area is 142 Å². The smallest absolute Gasteiger partial charge is 0.236 e. The number of carbonyl (C=O) groups is 1. The van der Waals surface area contributed by atoms with Crippen LogP contribution in [0.4, 0.5) is 5.95 Å². The fourth-order valence-corrected chi connectivity index (χ4v) is 4.92. The summed E-state index contributed by atoms with van der Waals surface area (Å²) >= 11 is 0. The first kappa shape index (κ1) is 17.1. The Morgan fingerprint density at radius 3 is 2.50 bits per heavy atom. The minimum Gasteiger partial charge on any atom is -0.341 e. The number of hydrogen-bond donors (Lipinski definition) is 0. The number of nitrogens with zero attached hydrogens (tertiary/aromatic N) is 5. The SMILES string of the molecule is CN(C(=O)CN1CCN(c2ncccn2)CC1)C1CCS(=O)(=O)C1. The molecule has 1 amide bonds. The maximum atomic E-state index is 12.4. The lowest BCUT2D eigenvalue weighted by Gasteiger charge is -2.35. The number of sulfone groups is 1. The van der Waals surface area contributed by atoms with E-state index in [1.165, 1.54) is 0 Å². The molecule has 0 spiro atoms. The summed E-state index contributed by atoms with van der Waals surface area (Å²) in [4.78, 5) is 26.7. The van der Waals surface area contributed by atoms with E-state index in [1.54, 1.807) is 30.4 Å². The number of carbonyl (C=O) groups excluding carboxylic acids is 1. The Balaban J connectivity index is 1.48. The minimum atomic E-state index is -2.97. The average molecular weight is 353 g/mol. The Hall–Kier alpha value is -1.74. The lowest BCUT2D eigenvalue weighted by atomic mass is 10.2. The van der Waals surface area contributed by atoms with Gasteiger partial charge in [-0.05, 0) is 12.5 Å². The van der Waals surface area contributed by atoms with E-state index >= 15 is 0 Å². The highest BCUT2D eigenvalue weighted by Crippen LogP contribution is 2.17. The van der Waals surface area contributed by atoms with Crippen molar-refractivity contribution in [3.8, 4) is 0 Å². The monoisotopic (exact) mass is 353 g/mol. The number of aromatic nitrogens is 2. The van der Waals surface area contributed by atoms with Crippen LogP contribution in [0.3, 0.4) is 0 Å². The zero-order valence-corrected chi connectivity index (χ0v) is 14.7. The van der Waals surface area contributed by atoms with Gasteiger partial charge in [0.1, 0.15) is 0 Å². The predicted molar refractivity (Wildman–Crippen MR) is 90.5 cm³/mol. The van der Waals surface area contributed by atoms with Crippen LogP contribution in [0, 0.1) is 0 Å². The third-order valence-electron chi connectivity index (χ3n) is 4.72. The molecule has 0 N–H and O–H groups in total. The van der Waals surface area contributed by atoms with Gasteiger partial charge in [0.25, 0.3) is 0 Å². The molecule has 0 saturated carbocycles. The summed E-state index contributed by atoms with van der Waals surface area (Å²) < 4.78 is 23.1. The second kappa shape index (κ2) is 7.02. The van der Waals surface area contributed by atoms with E-state index in [0.29, 0.717) is 13.0 Å². The summed E-state index contributed by atoms with van der Waals surface area (Å²) in [5.41, 5.74) is 0. The fourth-order valence-electron chi connectivity index (χ4n) is 3.15. The maximum absolute atomic E-state index is 12.4. The van der Waals surface area contributed by atoms with Crippen LogP contribution in [0.2, 0.25) is 0 Å². The molecule has 132 valence electrons. The highest BCUT2D eigenvalue weighted by molar-refractivity contribution is 7.91. The number of hydrogen-bond acceptors (Lipinski definition) is 7. The Bertz CT molecular complexity index is 674. The van der Waals surface area contributed by atoms with Gasteiger partial charge in [0.2, 0.25) is 11.9 Å². The first-order chi connectivity index (χ1) is 11.4. The van der Waals surface area contributed by atoms with Crippen molar-refractivity contribution in [1.82, 2.24) is 19.8 Å². The highest BCUT2D eigenvalue weighted by atomic mass is 32.2. The lowest BCUT2D eigenvalue weighted by molar-refractivity contribution is -0.132. The molecule has 24 heavy (non-hydrogen) atoms.